The number of likely N-dealkylation sites (N-methyl/N-ethyl adjacent to an activating group) is 1. The third-order valence-electron chi connectivity index (χ3n) is 2.28. The summed E-state index contributed by atoms with van der Waals surface area (Å²) >= 11 is 0. The molecule has 6 heteroatoms. The molecule has 0 amide bonds. The zero-order valence-electron chi connectivity index (χ0n) is 8.61. The molecule has 0 aliphatic heterocycles. The highest BCUT2D eigenvalue weighted by Gasteiger charge is 2.35. The van der Waals surface area contributed by atoms with E-state index in [1.807, 2.05) is 0 Å². The SMILES string of the molecule is CNC(CN)c1ccc(F)cc1C(F)(F)F. The lowest BCUT2D eigenvalue weighted by atomic mass is 10.00. The van der Waals surface area contributed by atoms with Crippen molar-refractivity contribution in [2.24, 2.45) is 5.73 Å². The van der Waals surface area contributed by atoms with Gasteiger partial charge in [0.05, 0.1) is 5.56 Å². The molecule has 1 aromatic carbocycles. The number of rotatable bonds is 3. The van der Waals surface area contributed by atoms with Crippen LogP contribution in [0.1, 0.15) is 17.2 Å². The lowest BCUT2D eigenvalue weighted by molar-refractivity contribution is -0.138. The number of hydrogen-bond acceptors (Lipinski definition) is 2. The first-order chi connectivity index (χ1) is 7.40. The lowest BCUT2D eigenvalue weighted by Crippen LogP contribution is -2.27. The Morgan fingerprint density at radius 1 is 1.38 bits per heavy atom. The van der Waals surface area contributed by atoms with E-state index in [-0.39, 0.29) is 12.1 Å². The largest absolute Gasteiger partial charge is 0.416 e. The summed E-state index contributed by atoms with van der Waals surface area (Å²) in [6.45, 7) is 0.00517. The van der Waals surface area contributed by atoms with Gasteiger partial charge in [0.25, 0.3) is 0 Å². The first kappa shape index (κ1) is 12.9. The topological polar surface area (TPSA) is 38.0 Å². The van der Waals surface area contributed by atoms with Crippen LogP contribution in [0.25, 0.3) is 0 Å². The van der Waals surface area contributed by atoms with Gasteiger partial charge in [0.15, 0.2) is 0 Å². The molecule has 16 heavy (non-hydrogen) atoms. The van der Waals surface area contributed by atoms with E-state index in [2.05, 4.69) is 5.32 Å². The van der Waals surface area contributed by atoms with Crippen LogP contribution in [0.15, 0.2) is 18.2 Å². The fraction of sp³-hybridized carbons (Fsp3) is 0.400. The third-order valence-corrected chi connectivity index (χ3v) is 2.28. The normalized spacial score (nSPS) is 13.9. The maximum Gasteiger partial charge on any atom is 0.416 e. The van der Waals surface area contributed by atoms with Gasteiger partial charge in [-0.15, -0.1) is 0 Å². The lowest BCUT2D eigenvalue weighted by Gasteiger charge is -2.19. The molecule has 1 rings (SSSR count). The molecule has 2 nitrogen and oxygen atoms in total. The van der Waals surface area contributed by atoms with E-state index in [0.717, 1.165) is 12.1 Å². The quantitative estimate of drug-likeness (QED) is 0.788. The second-order valence-corrected chi connectivity index (χ2v) is 3.31. The van der Waals surface area contributed by atoms with Gasteiger partial charge in [0.1, 0.15) is 5.82 Å². The molecule has 0 saturated heterocycles. The number of alkyl halides is 3. The van der Waals surface area contributed by atoms with Crippen LogP contribution in [-0.2, 0) is 6.18 Å². The fourth-order valence-corrected chi connectivity index (χ4v) is 1.48. The van der Waals surface area contributed by atoms with E-state index in [0.29, 0.717) is 6.07 Å². The number of nitrogens with two attached hydrogens (primary N) is 1. The minimum absolute atomic E-state index is 0.00517. The third kappa shape index (κ3) is 2.70. The highest BCUT2D eigenvalue weighted by molar-refractivity contribution is 5.33. The Morgan fingerprint density at radius 3 is 2.44 bits per heavy atom. The number of halogens is 4. The monoisotopic (exact) mass is 236 g/mol. The van der Waals surface area contributed by atoms with Crippen molar-refractivity contribution in [1.82, 2.24) is 5.32 Å². The summed E-state index contributed by atoms with van der Waals surface area (Å²) in [4.78, 5) is 0. The van der Waals surface area contributed by atoms with Gasteiger partial charge in [0, 0.05) is 12.6 Å². The van der Waals surface area contributed by atoms with Crippen LogP contribution < -0.4 is 11.1 Å². The van der Waals surface area contributed by atoms with Crippen molar-refractivity contribution in [1.29, 1.82) is 0 Å². The summed E-state index contributed by atoms with van der Waals surface area (Å²) in [6.07, 6.45) is -4.58. The summed E-state index contributed by atoms with van der Waals surface area (Å²) in [5.74, 6) is -0.914. The zero-order valence-corrected chi connectivity index (χ0v) is 8.61. The Labute approximate surface area is 90.4 Å². The molecule has 90 valence electrons. The van der Waals surface area contributed by atoms with Gasteiger partial charge in [-0.25, -0.2) is 4.39 Å². The van der Waals surface area contributed by atoms with Crippen LogP contribution in [-0.4, -0.2) is 13.6 Å². The summed E-state index contributed by atoms with van der Waals surface area (Å²) in [5.41, 5.74) is 4.31. The minimum atomic E-state index is -4.58. The second kappa shape index (κ2) is 4.80. The van der Waals surface area contributed by atoms with Crippen molar-refractivity contribution < 1.29 is 17.6 Å². The molecule has 0 aromatic heterocycles. The summed E-state index contributed by atoms with van der Waals surface area (Å²) in [6, 6.07) is 1.93. The highest BCUT2D eigenvalue weighted by atomic mass is 19.4. The van der Waals surface area contributed by atoms with Gasteiger partial charge in [-0.1, -0.05) is 6.07 Å². The van der Waals surface area contributed by atoms with Crippen LogP contribution in [0.3, 0.4) is 0 Å². The molecule has 1 atom stereocenters. The Hall–Kier alpha value is -1.14. The Morgan fingerprint density at radius 2 is 2.00 bits per heavy atom. The summed E-state index contributed by atoms with van der Waals surface area (Å²) in [5, 5.41) is 2.65. The Kier molecular flexibility index (Phi) is 3.88. The minimum Gasteiger partial charge on any atom is -0.329 e. The molecule has 0 aliphatic carbocycles. The number of benzene rings is 1. The number of hydrogen-bond donors (Lipinski definition) is 2. The van der Waals surface area contributed by atoms with E-state index in [9.17, 15) is 17.6 Å². The Bertz CT molecular complexity index is 358. The van der Waals surface area contributed by atoms with E-state index in [4.69, 9.17) is 5.73 Å². The van der Waals surface area contributed by atoms with Gasteiger partial charge < -0.3 is 11.1 Å². The predicted molar refractivity (Wildman–Crippen MR) is 52.3 cm³/mol. The molecule has 0 aliphatic rings. The zero-order chi connectivity index (χ0) is 12.3. The molecule has 0 spiro atoms. The Balaban J connectivity index is 3.27. The van der Waals surface area contributed by atoms with E-state index < -0.39 is 23.6 Å². The average molecular weight is 236 g/mol. The molecule has 3 N–H and O–H groups in total. The molecule has 0 radical (unpaired) electrons. The van der Waals surface area contributed by atoms with Crippen LogP contribution in [0, 0.1) is 5.82 Å². The van der Waals surface area contributed by atoms with Crippen molar-refractivity contribution in [3.8, 4) is 0 Å². The van der Waals surface area contributed by atoms with Crippen LogP contribution >= 0.6 is 0 Å². The first-order valence-corrected chi connectivity index (χ1v) is 4.64. The fourth-order valence-electron chi connectivity index (χ4n) is 1.48. The maximum atomic E-state index is 12.8. The summed E-state index contributed by atoms with van der Waals surface area (Å²) < 4.78 is 50.7. The van der Waals surface area contributed by atoms with E-state index >= 15 is 0 Å². The summed E-state index contributed by atoms with van der Waals surface area (Å²) in [7, 11) is 1.50. The van der Waals surface area contributed by atoms with Gasteiger partial charge in [0.2, 0.25) is 0 Å². The van der Waals surface area contributed by atoms with E-state index in [1.165, 1.54) is 7.05 Å². The van der Waals surface area contributed by atoms with Crippen molar-refractivity contribution in [3.63, 3.8) is 0 Å². The van der Waals surface area contributed by atoms with Crippen LogP contribution in [0.5, 0.6) is 0 Å². The molecule has 0 saturated carbocycles. The first-order valence-electron chi connectivity index (χ1n) is 4.64. The van der Waals surface area contributed by atoms with Crippen molar-refractivity contribution in [3.05, 3.63) is 35.1 Å². The van der Waals surface area contributed by atoms with Gasteiger partial charge >= 0.3 is 6.18 Å². The molecular formula is C10H12F4N2. The second-order valence-electron chi connectivity index (χ2n) is 3.31. The molecule has 0 heterocycles. The van der Waals surface area contributed by atoms with Gasteiger partial charge in [-0.05, 0) is 24.7 Å². The predicted octanol–water partition coefficient (Wildman–Crippen LogP) is 2.06. The van der Waals surface area contributed by atoms with Crippen molar-refractivity contribution >= 4 is 0 Å². The smallest absolute Gasteiger partial charge is 0.329 e. The van der Waals surface area contributed by atoms with Gasteiger partial charge in [-0.3, -0.25) is 0 Å². The van der Waals surface area contributed by atoms with E-state index in [1.54, 1.807) is 0 Å². The molecule has 1 aromatic rings. The average Bonchev–Trinajstić information content (AvgIpc) is 2.20. The van der Waals surface area contributed by atoms with Crippen molar-refractivity contribution in [2.45, 2.75) is 12.2 Å². The van der Waals surface area contributed by atoms with Crippen molar-refractivity contribution in [2.75, 3.05) is 13.6 Å². The molecule has 1 unspecified atom stereocenters. The molecule has 0 fully saturated rings. The highest BCUT2D eigenvalue weighted by Crippen LogP contribution is 2.34. The molecule has 0 bridgehead atoms. The van der Waals surface area contributed by atoms with Crippen LogP contribution in [0.2, 0.25) is 0 Å². The number of nitrogens with one attached hydrogen (secondary N) is 1. The molecular weight excluding hydrogens is 224 g/mol. The van der Waals surface area contributed by atoms with Crippen LogP contribution in [0.4, 0.5) is 17.6 Å². The maximum absolute atomic E-state index is 12.8. The van der Waals surface area contributed by atoms with Gasteiger partial charge in [-0.2, -0.15) is 13.2 Å². The standard InChI is InChI=1S/C10H12F4N2/c1-16-9(5-15)7-3-2-6(11)4-8(7)10(12,13)14/h2-4,9,16H,5,15H2,1H3.